The molecule has 0 radical (unpaired) electrons. The van der Waals surface area contributed by atoms with Crippen LogP contribution in [-0.4, -0.2) is 39.9 Å². The standard InChI is InChI=1S/C21H25N3O5S/c1-21(2,19(26)27)29-16-10-8-14(9-11-16)17-13-30-20(22-17)23-18(25)12-28-24-15-6-4-3-5-7-15/h8-11,13H,3-7,12H2,1-2H3,(H,26,27)(H,22,23,25). The summed E-state index contributed by atoms with van der Waals surface area (Å²) in [5, 5.41) is 18.2. The van der Waals surface area contributed by atoms with Gasteiger partial charge in [0.1, 0.15) is 5.75 Å². The third kappa shape index (κ3) is 6.03. The van der Waals surface area contributed by atoms with Crippen LogP contribution in [0.25, 0.3) is 11.3 Å². The highest BCUT2D eigenvalue weighted by atomic mass is 32.1. The van der Waals surface area contributed by atoms with E-state index in [4.69, 9.17) is 14.7 Å². The SMILES string of the molecule is CC(C)(Oc1ccc(-c2csc(NC(=O)CON=C3CCCCC3)n2)cc1)C(=O)O. The minimum absolute atomic E-state index is 0.149. The van der Waals surface area contributed by atoms with Gasteiger partial charge in [0.25, 0.3) is 5.91 Å². The van der Waals surface area contributed by atoms with E-state index in [9.17, 15) is 9.59 Å². The van der Waals surface area contributed by atoms with Crippen molar-refractivity contribution < 1.29 is 24.3 Å². The van der Waals surface area contributed by atoms with Gasteiger partial charge in [0.05, 0.1) is 11.4 Å². The molecule has 1 amide bonds. The largest absolute Gasteiger partial charge is 0.478 e. The topological polar surface area (TPSA) is 110 Å². The Morgan fingerprint density at radius 3 is 2.57 bits per heavy atom. The van der Waals surface area contributed by atoms with Gasteiger partial charge >= 0.3 is 5.97 Å². The van der Waals surface area contributed by atoms with Crippen LogP contribution in [-0.2, 0) is 14.4 Å². The van der Waals surface area contributed by atoms with Crippen molar-refractivity contribution in [2.75, 3.05) is 11.9 Å². The minimum Gasteiger partial charge on any atom is -0.478 e. The van der Waals surface area contributed by atoms with E-state index in [0.717, 1.165) is 37.0 Å². The highest BCUT2D eigenvalue weighted by Gasteiger charge is 2.29. The van der Waals surface area contributed by atoms with Crippen LogP contribution in [0.4, 0.5) is 5.13 Å². The van der Waals surface area contributed by atoms with E-state index in [2.05, 4.69) is 15.5 Å². The van der Waals surface area contributed by atoms with E-state index in [-0.39, 0.29) is 12.5 Å². The molecule has 1 saturated carbocycles. The molecule has 8 nitrogen and oxygen atoms in total. The van der Waals surface area contributed by atoms with Crippen molar-refractivity contribution in [1.82, 2.24) is 4.98 Å². The zero-order chi connectivity index (χ0) is 21.6. The molecular weight excluding hydrogens is 406 g/mol. The molecule has 2 aromatic rings. The molecule has 0 atom stereocenters. The summed E-state index contributed by atoms with van der Waals surface area (Å²) in [7, 11) is 0. The number of anilines is 1. The molecule has 1 aliphatic rings. The number of hydrogen-bond acceptors (Lipinski definition) is 7. The van der Waals surface area contributed by atoms with Crippen LogP contribution in [0.2, 0.25) is 0 Å². The molecule has 9 heteroatoms. The number of aromatic nitrogens is 1. The Hall–Kier alpha value is -2.94. The van der Waals surface area contributed by atoms with Gasteiger partial charge in [-0.3, -0.25) is 10.1 Å². The molecule has 30 heavy (non-hydrogen) atoms. The van der Waals surface area contributed by atoms with Crippen molar-refractivity contribution in [2.24, 2.45) is 5.16 Å². The van der Waals surface area contributed by atoms with Crippen molar-refractivity contribution in [3.05, 3.63) is 29.6 Å². The first-order valence-electron chi connectivity index (χ1n) is 9.79. The van der Waals surface area contributed by atoms with Crippen LogP contribution in [0.15, 0.2) is 34.8 Å². The second-order valence-corrected chi connectivity index (χ2v) is 8.38. The van der Waals surface area contributed by atoms with Crippen molar-refractivity contribution in [3.63, 3.8) is 0 Å². The maximum atomic E-state index is 12.0. The summed E-state index contributed by atoms with van der Waals surface area (Å²) >= 11 is 1.31. The Kier molecular flexibility index (Phi) is 7.04. The zero-order valence-corrected chi connectivity index (χ0v) is 17.8. The van der Waals surface area contributed by atoms with E-state index >= 15 is 0 Å². The lowest BCUT2D eigenvalue weighted by atomic mass is 9.99. The third-order valence-corrected chi connectivity index (χ3v) is 5.37. The first-order valence-corrected chi connectivity index (χ1v) is 10.7. The van der Waals surface area contributed by atoms with Crippen LogP contribution in [0.3, 0.4) is 0 Å². The molecule has 160 valence electrons. The highest BCUT2D eigenvalue weighted by molar-refractivity contribution is 7.14. The van der Waals surface area contributed by atoms with E-state index < -0.39 is 11.6 Å². The quantitative estimate of drug-likeness (QED) is 0.602. The molecule has 0 unspecified atom stereocenters. The van der Waals surface area contributed by atoms with Crippen LogP contribution in [0.1, 0.15) is 46.0 Å². The Morgan fingerprint density at radius 1 is 1.20 bits per heavy atom. The van der Waals surface area contributed by atoms with Crippen molar-refractivity contribution >= 4 is 34.1 Å². The molecule has 1 heterocycles. The van der Waals surface area contributed by atoms with Crippen LogP contribution in [0, 0.1) is 0 Å². The molecule has 1 aliphatic carbocycles. The van der Waals surface area contributed by atoms with Crippen LogP contribution < -0.4 is 10.1 Å². The molecule has 1 aromatic carbocycles. The number of oxime groups is 1. The lowest BCUT2D eigenvalue weighted by Gasteiger charge is -2.21. The van der Waals surface area contributed by atoms with Gasteiger partial charge in [-0.1, -0.05) is 11.6 Å². The first kappa shape index (κ1) is 21.8. The van der Waals surface area contributed by atoms with Gasteiger partial charge in [-0.15, -0.1) is 11.3 Å². The first-order chi connectivity index (χ1) is 14.3. The summed E-state index contributed by atoms with van der Waals surface area (Å²) in [5.41, 5.74) is 1.23. The van der Waals surface area contributed by atoms with Gasteiger partial charge in [0, 0.05) is 10.9 Å². The van der Waals surface area contributed by atoms with E-state index in [1.165, 1.54) is 31.6 Å². The number of nitrogens with one attached hydrogen (secondary N) is 1. The summed E-state index contributed by atoms with van der Waals surface area (Å²) in [5.74, 6) is -0.900. The highest BCUT2D eigenvalue weighted by Crippen LogP contribution is 2.27. The van der Waals surface area contributed by atoms with Gasteiger partial charge in [-0.05, 0) is 63.8 Å². The summed E-state index contributed by atoms with van der Waals surface area (Å²) in [6, 6.07) is 6.96. The van der Waals surface area contributed by atoms with Crippen molar-refractivity contribution in [1.29, 1.82) is 0 Å². The average molecular weight is 432 g/mol. The number of rotatable bonds is 8. The van der Waals surface area contributed by atoms with Gasteiger partial charge in [-0.2, -0.15) is 0 Å². The minimum atomic E-state index is -1.32. The second kappa shape index (κ2) is 9.71. The molecule has 1 fully saturated rings. The molecule has 2 N–H and O–H groups in total. The smallest absolute Gasteiger partial charge is 0.347 e. The number of nitrogens with zero attached hydrogens (tertiary/aromatic N) is 2. The number of carbonyl (C=O) groups excluding carboxylic acids is 1. The number of benzene rings is 1. The number of carbonyl (C=O) groups is 2. The molecule has 0 aliphatic heterocycles. The van der Waals surface area contributed by atoms with Gasteiger partial charge < -0.3 is 14.7 Å². The normalized spacial score (nSPS) is 14.1. The Balaban J connectivity index is 1.52. The van der Waals surface area contributed by atoms with Gasteiger partial charge in [0.15, 0.2) is 17.3 Å². The Labute approximate surface area is 178 Å². The molecule has 0 spiro atoms. The fourth-order valence-electron chi connectivity index (χ4n) is 2.88. The van der Waals surface area contributed by atoms with E-state index in [0.29, 0.717) is 16.6 Å². The van der Waals surface area contributed by atoms with Crippen molar-refractivity contribution in [2.45, 2.75) is 51.6 Å². The summed E-state index contributed by atoms with van der Waals surface area (Å²) in [4.78, 5) is 32.8. The number of hydrogen-bond donors (Lipinski definition) is 2. The van der Waals surface area contributed by atoms with Crippen LogP contribution >= 0.6 is 11.3 Å². The lowest BCUT2D eigenvalue weighted by Crippen LogP contribution is -2.37. The molecule has 1 aromatic heterocycles. The fraction of sp³-hybridized carbons (Fsp3) is 0.429. The maximum Gasteiger partial charge on any atom is 0.347 e. The van der Waals surface area contributed by atoms with E-state index in [1.807, 2.05) is 5.38 Å². The Bertz CT molecular complexity index is 913. The fourth-order valence-corrected chi connectivity index (χ4v) is 3.62. The van der Waals surface area contributed by atoms with Gasteiger partial charge in [-0.25, -0.2) is 9.78 Å². The summed E-state index contributed by atoms with van der Waals surface area (Å²) in [6.45, 7) is 2.83. The monoisotopic (exact) mass is 431 g/mol. The molecule has 3 rings (SSSR count). The predicted molar refractivity (Wildman–Crippen MR) is 115 cm³/mol. The molecule has 0 bridgehead atoms. The number of aliphatic carboxylic acids is 1. The maximum absolute atomic E-state index is 12.0. The number of amides is 1. The van der Waals surface area contributed by atoms with E-state index in [1.54, 1.807) is 24.3 Å². The lowest BCUT2D eigenvalue weighted by molar-refractivity contribution is -0.152. The molecule has 0 saturated heterocycles. The number of carboxylic acids is 1. The van der Waals surface area contributed by atoms with Gasteiger partial charge in [0.2, 0.25) is 0 Å². The number of carboxylic acid groups (broad SMARTS) is 1. The number of thiazole rings is 1. The molecular formula is C21H25N3O5S. The second-order valence-electron chi connectivity index (χ2n) is 7.52. The van der Waals surface area contributed by atoms with Crippen molar-refractivity contribution in [3.8, 4) is 17.0 Å². The summed E-state index contributed by atoms with van der Waals surface area (Å²) in [6.07, 6.45) is 5.35. The zero-order valence-electron chi connectivity index (χ0n) is 17.0. The van der Waals surface area contributed by atoms with Crippen LogP contribution in [0.5, 0.6) is 5.75 Å². The summed E-state index contributed by atoms with van der Waals surface area (Å²) < 4.78 is 5.49. The Morgan fingerprint density at radius 2 is 1.90 bits per heavy atom. The number of ether oxygens (including phenoxy) is 1. The third-order valence-electron chi connectivity index (χ3n) is 4.61. The predicted octanol–water partition coefficient (Wildman–Crippen LogP) is 4.33. The average Bonchev–Trinajstić information content (AvgIpc) is 3.17.